The van der Waals surface area contributed by atoms with Crippen molar-refractivity contribution in [3.05, 3.63) is 41.3 Å². The lowest BCUT2D eigenvalue weighted by Crippen LogP contribution is -2.49. The lowest BCUT2D eigenvalue weighted by Gasteiger charge is -2.37. The summed E-state index contributed by atoms with van der Waals surface area (Å²) in [6.45, 7) is 7.28. The van der Waals surface area contributed by atoms with Crippen molar-refractivity contribution < 1.29 is 27.1 Å². The summed E-state index contributed by atoms with van der Waals surface area (Å²) in [6.07, 6.45) is 0. The van der Waals surface area contributed by atoms with Crippen molar-refractivity contribution in [3.8, 4) is 5.75 Å². The second-order valence-corrected chi connectivity index (χ2v) is 9.89. The SMILES string of the molecule is COc1ccc(S(=O)(=O)N2CCOCC2)cc1N1CCN(C(=O)c2cc(C)oc2C)CC1. The summed E-state index contributed by atoms with van der Waals surface area (Å²) in [6, 6.07) is 6.71. The normalized spacial score (nSPS) is 18.1. The van der Waals surface area contributed by atoms with Gasteiger partial charge in [0.1, 0.15) is 17.3 Å². The van der Waals surface area contributed by atoms with E-state index in [-0.39, 0.29) is 10.8 Å². The van der Waals surface area contributed by atoms with Gasteiger partial charge >= 0.3 is 0 Å². The lowest BCUT2D eigenvalue weighted by molar-refractivity contribution is 0.0730. The molecule has 0 atom stereocenters. The minimum atomic E-state index is -3.61. The Kier molecular flexibility index (Phi) is 6.45. The summed E-state index contributed by atoms with van der Waals surface area (Å²) in [7, 11) is -2.05. The molecule has 0 spiro atoms. The average Bonchev–Trinajstić information content (AvgIpc) is 3.16. The van der Waals surface area contributed by atoms with E-state index >= 15 is 0 Å². The quantitative estimate of drug-likeness (QED) is 0.669. The zero-order chi connectivity index (χ0) is 22.9. The first-order valence-corrected chi connectivity index (χ1v) is 12.1. The molecule has 32 heavy (non-hydrogen) atoms. The minimum Gasteiger partial charge on any atom is -0.495 e. The second-order valence-electron chi connectivity index (χ2n) is 7.96. The van der Waals surface area contributed by atoms with E-state index in [0.717, 1.165) is 0 Å². The number of carbonyl (C=O) groups excluding carboxylic acids is 1. The Bertz CT molecular complexity index is 1080. The molecule has 2 saturated heterocycles. The molecule has 10 heteroatoms. The average molecular weight is 464 g/mol. The Morgan fingerprint density at radius 3 is 2.28 bits per heavy atom. The number of piperazine rings is 1. The molecule has 174 valence electrons. The van der Waals surface area contributed by atoms with E-state index in [4.69, 9.17) is 13.9 Å². The summed E-state index contributed by atoms with van der Waals surface area (Å²) in [5.41, 5.74) is 1.30. The third-order valence-electron chi connectivity index (χ3n) is 5.94. The number of ether oxygens (including phenoxy) is 2. The van der Waals surface area contributed by atoms with Gasteiger partial charge in [0.25, 0.3) is 5.91 Å². The van der Waals surface area contributed by atoms with Crippen molar-refractivity contribution in [2.45, 2.75) is 18.7 Å². The maximum Gasteiger partial charge on any atom is 0.257 e. The Hall–Kier alpha value is -2.56. The van der Waals surface area contributed by atoms with Gasteiger partial charge in [0.15, 0.2) is 0 Å². The summed E-state index contributed by atoms with van der Waals surface area (Å²) >= 11 is 0. The summed E-state index contributed by atoms with van der Waals surface area (Å²) in [5.74, 6) is 1.90. The third-order valence-corrected chi connectivity index (χ3v) is 7.83. The van der Waals surface area contributed by atoms with Gasteiger partial charge in [0, 0.05) is 39.3 Å². The fourth-order valence-corrected chi connectivity index (χ4v) is 5.61. The van der Waals surface area contributed by atoms with E-state index in [0.29, 0.717) is 81.0 Å². The molecule has 0 unspecified atom stereocenters. The number of furan rings is 1. The Morgan fingerprint density at radius 1 is 1.00 bits per heavy atom. The molecular weight excluding hydrogens is 434 g/mol. The molecule has 0 N–H and O–H groups in total. The molecule has 0 radical (unpaired) electrons. The monoisotopic (exact) mass is 463 g/mol. The van der Waals surface area contributed by atoms with Gasteiger partial charge in [-0.05, 0) is 38.1 Å². The third kappa shape index (κ3) is 4.35. The van der Waals surface area contributed by atoms with Gasteiger partial charge in [0.05, 0.1) is 36.5 Å². The first kappa shape index (κ1) is 22.6. The van der Waals surface area contributed by atoms with Gasteiger partial charge in [-0.3, -0.25) is 4.79 Å². The van der Waals surface area contributed by atoms with Gasteiger partial charge in [-0.2, -0.15) is 4.31 Å². The fourth-order valence-electron chi connectivity index (χ4n) is 4.18. The number of hydrogen-bond donors (Lipinski definition) is 0. The van der Waals surface area contributed by atoms with Gasteiger partial charge in [-0.1, -0.05) is 0 Å². The smallest absolute Gasteiger partial charge is 0.257 e. The number of morpholine rings is 1. The number of anilines is 1. The molecule has 2 aromatic rings. The topological polar surface area (TPSA) is 92.5 Å². The van der Waals surface area contributed by atoms with Crippen LogP contribution in [0.25, 0.3) is 0 Å². The molecule has 3 heterocycles. The first-order valence-electron chi connectivity index (χ1n) is 10.7. The summed E-state index contributed by atoms with van der Waals surface area (Å²) in [4.78, 5) is 17.0. The van der Waals surface area contributed by atoms with Crippen LogP contribution in [0.15, 0.2) is 33.6 Å². The molecule has 1 amide bonds. The number of benzene rings is 1. The van der Waals surface area contributed by atoms with Crippen molar-refractivity contribution in [1.82, 2.24) is 9.21 Å². The standard InChI is InChI=1S/C22H29N3O6S/c1-16-14-19(17(2)31-16)22(26)24-8-6-23(7-9-24)20-15-18(4-5-21(20)29-3)32(27,28)25-10-12-30-13-11-25/h4-5,14-15H,6-13H2,1-3H3. The molecule has 1 aromatic carbocycles. The highest BCUT2D eigenvalue weighted by atomic mass is 32.2. The molecule has 0 bridgehead atoms. The van der Waals surface area contributed by atoms with Crippen LogP contribution in [-0.2, 0) is 14.8 Å². The first-order chi connectivity index (χ1) is 15.3. The highest BCUT2D eigenvalue weighted by molar-refractivity contribution is 7.89. The maximum absolute atomic E-state index is 13.1. The molecule has 0 saturated carbocycles. The highest BCUT2D eigenvalue weighted by Gasteiger charge is 2.30. The van der Waals surface area contributed by atoms with Crippen molar-refractivity contribution in [2.75, 3.05) is 64.5 Å². The van der Waals surface area contributed by atoms with Gasteiger partial charge < -0.3 is 23.7 Å². The van der Waals surface area contributed by atoms with E-state index in [1.807, 2.05) is 6.92 Å². The summed E-state index contributed by atoms with van der Waals surface area (Å²) < 4.78 is 44.0. The van der Waals surface area contributed by atoms with E-state index in [2.05, 4.69) is 4.90 Å². The number of amides is 1. The van der Waals surface area contributed by atoms with Crippen LogP contribution >= 0.6 is 0 Å². The number of aryl methyl sites for hydroxylation is 2. The predicted molar refractivity (Wildman–Crippen MR) is 119 cm³/mol. The molecule has 2 aliphatic rings. The Balaban J connectivity index is 1.52. The molecule has 0 aliphatic carbocycles. The number of methoxy groups -OCH3 is 1. The van der Waals surface area contributed by atoms with E-state index in [1.165, 1.54) is 4.31 Å². The molecule has 1 aromatic heterocycles. The van der Waals surface area contributed by atoms with Crippen molar-refractivity contribution in [1.29, 1.82) is 0 Å². The molecule has 4 rings (SSSR count). The van der Waals surface area contributed by atoms with Crippen molar-refractivity contribution in [2.24, 2.45) is 0 Å². The zero-order valence-electron chi connectivity index (χ0n) is 18.7. The number of rotatable bonds is 5. The van der Waals surface area contributed by atoms with Crippen LogP contribution in [0.4, 0.5) is 5.69 Å². The molecule has 9 nitrogen and oxygen atoms in total. The molecule has 2 aliphatic heterocycles. The van der Waals surface area contributed by atoms with Crippen LogP contribution < -0.4 is 9.64 Å². The van der Waals surface area contributed by atoms with E-state index in [9.17, 15) is 13.2 Å². The van der Waals surface area contributed by atoms with Gasteiger partial charge in [0.2, 0.25) is 10.0 Å². The highest BCUT2D eigenvalue weighted by Crippen LogP contribution is 2.33. The minimum absolute atomic E-state index is 0.0467. The van der Waals surface area contributed by atoms with Crippen LogP contribution in [0.5, 0.6) is 5.75 Å². The number of sulfonamides is 1. The number of hydrogen-bond acceptors (Lipinski definition) is 7. The predicted octanol–water partition coefficient (Wildman–Crippen LogP) is 1.89. The summed E-state index contributed by atoms with van der Waals surface area (Å²) in [5, 5.41) is 0. The Morgan fingerprint density at radius 2 is 1.69 bits per heavy atom. The lowest BCUT2D eigenvalue weighted by atomic mass is 10.2. The van der Waals surface area contributed by atoms with Crippen molar-refractivity contribution >= 4 is 21.6 Å². The van der Waals surface area contributed by atoms with Crippen LogP contribution in [0, 0.1) is 13.8 Å². The van der Waals surface area contributed by atoms with E-state index < -0.39 is 10.0 Å². The second kappa shape index (κ2) is 9.13. The van der Waals surface area contributed by atoms with Crippen molar-refractivity contribution in [3.63, 3.8) is 0 Å². The van der Waals surface area contributed by atoms with Gasteiger partial charge in [-0.25, -0.2) is 8.42 Å². The molecular formula is C22H29N3O6S. The number of carbonyl (C=O) groups is 1. The van der Waals surface area contributed by atoms with Crippen LogP contribution in [0.2, 0.25) is 0 Å². The van der Waals surface area contributed by atoms with Crippen LogP contribution in [-0.4, -0.2) is 83.1 Å². The van der Waals surface area contributed by atoms with Crippen LogP contribution in [0.1, 0.15) is 21.9 Å². The maximum atomic E-state index is 13.1. The largest absolute Gasteiger partial charge is 0.495 e. The fraction of sp³-hybridized carbons (Fsp3) is 0.500. The van der Waals surface area contributed by atoms with E-state index in [1.54, 1.807) is 43.2 Å². The zero-order valence-corrected chi connectivity index (χ0v) is 19.5. The molecule has 2 fully saturated rings. The van der Waals surface area contributed by atoms with Crippen LogP contribution in [0.3, 0.4) is 0 Å². The Labute approximate surface area is 188 Å². The number of nitrogens with zero attached hydrogens (tertiary/aromatic N) is 3. The van der Waals surface area contributed by atoms with Gasteiger partial charge in [-0.15, -0.1) is 0 Å².